The van der Waals surface area contributed by atoms with Crippen molar-refractivity contribution in [3.63, 3.8) is 0 Å². The standard InChI is InChI=1S/C7H15N3O2S/c1-4(3-13)10-7(12)5(8)2-6(9)11/h4-5,13H,2-3,8H2,1H3,(H2,9,11)(H,10,12)/t4-,5+/m1/s1. The molecule has 0 spiro atoms. The Hall–Kier alpha value is -0.750. The van der Waals surface area contributed by atoms with Crippen molar-refractivity contribution in [1.82, 2.24) is 5.32 Å². The molecular weight excluding hydrogens is 190 g/mol. The Labute approximate surface area is 82.6 Å². The number of rotatable bonds is 5. The summed E-state index contributed by atoms with van der Waals surface area (Å²) in [5, 5.41) is 2.59. The number of hydrogen-bond donors (Lipinski definition) is 4. The summed E-state index contributed by atoms with van der Waals surface area (Å²) in [5.74, 6) is -0.434. The van der Waals surface area contributed by atoms with E-state index in [1.165, 1.54) is 0 Å². The van der Waals surface area contributed by atoms with Gasteiger partial charge in [0.25, 0.3) is 0 Å². The van der Waals surface area contributed by atoms with Crippen LogP contribution in [0.3, 0.4) is 0 Å². The fourth-order valence-electron chi connectivity index (χ4n) is 0.705. The number of nitrogens with two attached hydrogens (primary N) is 2. The molecule has 0 aliphatic carbocycles. The van der Waals surface area contributed by atoms with E-state index in [1.807, 2.05) is 0 Å². The van der Waals surface area contributed by atoms with Crippen LogP contribution in [0, 0.1) is 0 Å². The third kappa shape index (κ3) is 5.48. The molecule has 0 unspecified atom stereocenters. The first kappa shape index (κ1) is 12.2. The lowest BCUT2D eigenvalue weighted by Crippen LogP contribution is -2.46. The second-order valence-corrected chi connectivity index (χ2v) is 3.23. The lowest BCUT2D eigenvalue weighted by atomic mass is 10.2. The predicted octanol–water partition coefficient (Wildman–Crippen LogP) is -1.38. The molecule has 0 aromatic rings. The Morgan fingerprint density at radius 2 is 2.08 bits per heavy atom. The molecule has 76 valence electrons. The number of amides is 2. The summed E-state index contributed by atoms with van der Waals surface area (Å²) in [6.07, 6.45) is -0.134. The Morgan fingerprint density at radius 1 is 1.54 bits per heavy atom. The summed E-state index contributed by atoms with van der Waals surface area (Å²) in [7, 11) is 0. The quantitative estimate of drug-likeness (QED) is 0.416. The third-order valence-electron chi connectivity index (χ3n) is 1.42. The summed E-state index contributed by atoms with van der Waals surface area (Å²) in [5.41, 5.74) is 10.3. The molecule has 5 nitrogen and oxygen atoms in total. The molecule has 0 saturated heterocycles. The highest BCUT2D eigenvalue weighted by Crippen LogP contribution is 1.90. The van der Waals surface area contributed by atoms with Crippen LogP contribution in [-0.4, -0.2) is 29.7 Å². The van der Waals surface area contributed by atoms with E-state index in [1.54, 1.807) is 6.92 Å². The molecule has 0 aliphatic heterocycles. The number of nitrogens with one attached hydrogen (secondary N) is 1. The number of carbonyl (C=O) groups is 2. The van der Waals surface area contributed by atoms with Gasteiger partial charge < -0.3 is 16.8 Å². The highest BCUT2D eigenvalue weighted by Gasteiger charge is 2.16. The smallest absolute Gasteiger partial charge is 0.237 e. The second kappa shape index (κ2) is 5.82. The van der Waals surface area contributed by atoms with Crippen molar-refractivity contribution in [2.75, 3.05) is 5.75 Å². The highest BCUT2D eigenvalue weighted by molar-refractivity contribution is 7.80. The first-order valence-electron chi connectivity index (χ1n) is 3.92. The number of carbonyl (C=O) groups excluding carboxylic acids is 2. The van der Waals surface area contributed by atoms with E-state index < -0.39 is 11.9 Å². The van der Waals surface area contributed by atoms with Gasteiger partial charge in [-0.2, -0.15) is 12.6 Å². The van der Waals surface area contributed by atoms with Gasteiger partial charge in [0.1, 0.15) is 0 Å². The van der Waals surface area contributed by atoms with E-state index in [4.69, 9.17) is 11.5 Å². The van der Waals surface area contributed by atoms with E-state index in [0.717, 1.165) is 0 Å². The minimum absolute atomic E-state index is 0.0604. The minimum atomic E-state index is -0.861. The van der Waals surface area contributed by atoms with Crippen molar-refractivity contribution >= 4 is 24.4 Å². The van der Waals surface area contributed by atoms with Crippen molar-refractivity contribution in [1.29, 1.82) is 0 Å². The lowest BCUT2D eigenvalue weighted by molar-refractivity contribution is -0.126. The lowest BCUT2D eigenvalue weighted by Gasteiger charge is -2.14. The molecule has 2 amide bonds. The van der Waals surface area contributed by atoms with Gasteiger partial charge in [0.05, 0.1) is 12.5 Å². The molecule has 0 aromatic carbocycles. The highest BCUT2D eigenvalue weighted by atomic mass is 32.1. The average Bonchev–Trinajstić information content (AvgIpc) is 2.02. The van der Waals surface area contributed by atoms with E-state index in [9.17, 15) is 9.59 Å². The van der Waals surface area contributed by atoms with E-state index in [-0.39, 0.29) is 18.4 Å². The van der Waals surface area contributed by atoms with Gasteiger partial charge in [-0.05, 0) is 6.92 Å². The molecule has 0 saturated carbocycles. The van der Waals surface area contributed by atoms with Gasteiger partial charge in [-0.25, -0.2) is 0 Å². The van der Waals surface area contributed by atoms with Crippen molar-refractivity contribution in [3.05, 3.63) is 0 Å². The van der Waals surface area contributed by atoms with Gasteiger partial charge in [-0.15, -0.1) is 0 Å². The molecule has 5 N–H and O–H groups in total. The van der Waals surface area contributed by atoms with Gasteiger partial charge in [-0.3, -0.25) is 9.59 Å². The zero-order valence-electron chi connectivity index (χ0n) is 7.49. The average molecular weight is 205 g/mol. The van der Waals surface area contributed by atoms with E-state index >= 15 is 0 Å². The molecule has 2 atom stereocenters. The molecule has 0 aromatic heterocycles. The number of thiol groups is 1. The predicted molar refractivity (Wildman–Crippen MR) is 53.2 cm³/mol. The van der Waals surface area contributed by atoms with Crippen molar-refractivity contribution in [2.45, 2.75) is 25.4 Å². The molecule has 0 rings (SSSR count). The van der Waals surface area contributed by atoms with Crippen LogP contribution in [0.25, 0.3) is 0 Å². The Bertz CT molecular complexity index is 198. The summed E-state index contributed by atoms with van der Waals surface area (Å²) >= 11 is 3.98. The van der Waals surface area contributed by atoms with Crippen LogP contribution in [0.4, 0.5) is 0 Å². The van der Waals surface area contributed by atoms with Crippen LogP contribution in [0.1, 0.15) is 13.3 Å². The zero-order valence-corrected chi connectivity index (χ0v) is 8.38. The van der Waals surface area contributed by atoms with Crippen molar-refractivity contribution < 1.29 is 9.59 Å². The van der Waals surface area contributed by atoms with E-state index in [2.05, 4.69) is 17.9 Å². The van der Waals surface area contributed by atoms with Crippen LogP contribution in [0.2, 0.25) is 0 Å². The maximum atomic E-state index is 11.2. The molecule has 0 aliphatic rings. The Balaban J connectivity index is 3.89. The van der Waals surface area contributed by atoms with Gasteiger partial charge in [-0.1, -0.05) is 0 Å². The largest absolute Gasteiger partial charge is 0.370 e. The van der Waals surface area contributed by atoms with Crippen LogP contribution in [0.15, 0.2) is 0 Å². The van der Waals surface area contributed by atoms with Gasteiger partial charge in [0.15, 0.2) is 0 Å². The van der Waals surface area contributed by atoms with Gasteiger partial charge >= 0.3 is 0 Å². The molecule has 0 heterocycles. The van der Waals surface area contributed by atoms with Crippen LogP contribution >= 0.6 is 12.6 Å². The fraction of sp³-hybridized carbons (Fsp3) is 0.714. The number of hydrogen-bond acceptors (Lipinski definition) is 4. The van der Waals surface area contributed by atoms with Gasteiger partial charge in [0, 0.05) is 11.8 Å². The molecule has 0 bridgehead atoms. The Kier molecular flexibility index (Phi) is 5.48. The molecule has 0 fully saturated rings. The monoisotopic (exact) mass is 205 g/mol. The second-order valence-electron chi connectivity index (χ2n) is 2.87. The summed E-state index contributed by atoms with van der Waals surface area (Å²) < 4.78 is 0. The van der Waals surface area contributed by atoms with E-state index in [0.29, 0.717) is 5.75 Å². The minimum Gasteiger partial charge on any atom is -0.370 e. The zero-order chi connectivity index (χ0) is 10.4. The van der Waals surface area contributed by atoms with Crippen LogP contribution in [0.5, 0.6) is 0 Å². The SMILES string of the molecule is C[C@H](CS)NC(=O)[C@@H](N)CC(N)=O. The normalized spacial score (nSPS) is 14.7. The van der Waals surface area contributed by atoms with Gasteiger partial charge in [0.2, 0.25) is 11.8 Å². The summed E-state index contributed by atoms with van der Waals surface area (Å²) in [4.78, 5) is 21.6. The maximum absolute atomic E-state index is 11.2. The summed E-state index contributed by atoms with van der Waals surface area (Å²) in [6, 6.07) is -0.922. The van der Waals surface area contributed by atoms with Crippen molar-refractivity contribution in [3.8, 4) is 0 Å². The fourth-order valence-corrected chi connectivity index (χ4v) is 0.796. The first-order chi connectivity index (χ1) is 5.97. The molecule has 6 heteroatoms. The maximum Gasteiger partial charge on any atom is 0.237 e. The molecule has 13 heavy (non-hydrogen) atoms. The molecular formula is C7H15N3O2S. The van der Waals surface area contributed by atoms with Crippen LogP contribution in [-0.2, 0) is 9.59 Å². The topological polar surface area (TPSA) is 98.2 Å². The van der Waals surface area contributed by atoms with Crippen molar-refractivity contribution in [2.24, 2.45) is 11.5 Å². The third-order valence-corrected chi connectivity index (χ3v) is 1.97. The summed E-state index contributed by atoms with van der Waals surface area (Å²) in [6.45, 7) is 1.79. The first-order valence-corrected chi connectivity index (χ1v) is 4.55. The van der Waals surface area contributed by atoms with Crippen LogP contribution < -0.4 is 16.8 Å². The molecule has 0 radical (unpaired) electrons. The Morgan fingerprint density at radius 3 is 2.46 bits per heavy atom. The number of primary amides is 1.